The van der Waals surface area contributed by atoms with E-state index in [-0.39, 0.29) is 0 Å². The molecule has 0 spiro atoms. The zero-order valence-electron chi connectivity index (χ0n) is 20.5. The Bertz CT molecular complexity index is 889. The molecule has 0 saturated heterocycles. The van der Waals surface area contributed by atoms with E-state index in [1.165, 1.54) is 4.85 Å². The van der Waals surface area contributed by atoms with Crippen LogP contribution in [0, 0.1) is 0 Å². The zero-order chi connectivity index (χ0) is 26.3. The Morgan fingerprint density at radius 3 is 1.79 bits per heavy atom. The van der Waals surface area contributed by atoms with Gasteiger partial charge in [-0.1, -0.05) is 23.9 Å². The third-order valence-corrected chi connectivity index (χ3v) is 3.95. The minimum atomic E-state index is -10.7. The number of hydrogen-bond acceptors (Lipinski definition) is 4. The topological polar surface area (TPSA) is 49.4 Å². The first-order chi connectivity index (χ1) is 14.6. The fourth-order valence-corrected chi connectivity index (χ4v) is 2.88. The summed E-state index contributed by atoms with van der Waals surface area (Å²) in [5, 5.41) is 8.00. The van der Waals surface area contributed by atoms with E-state index in [0.717, 1.165) is 17.6 Å². The number of amidine groups is 1. The van der Waals surface area contributed by atoms with Crippen molar-refractivity contribution in [2.45, 2.75) is 46.7 Å². The number of fused-ring (bicyclic) bond motifs is 1. The van der Waals surface area contributed by atoms with Crippen molar-refractivity contribution in [1.82, 2.24) is 25.0 Å². The fourth-order valence-electron chi connectivity index (χ4n) is 2.88. The summed E-state index contributed by atoms with van der Waals surface area (Å²) in [7, 11) is -3.01. The summed E-state index contributed by atoms with van der Waals surface area (Å²) in [6.45, 7) is 12.3. The van der Waals surface area contributed by atoms with E-state index in [1.807, 2.05) is 61.9 Å². The number of nitrogens with zero attached hydrogens (tertiary/aromatic N) is 6. The van der Waals surface area contributed by atoms with Gasteiger partial charge < -0.3 is 0 Å². The van der Waals surface area contributed by atoms with Crippen molar-refractivity contribution in [1.29, 1.82) is 0 Å². The Balaban J connectivity index is 0.000000541. The van der Waals surface area contributed by atoms with Crippen LogP contribution in [-0.2, 0) is 0 Å². The van der Waals surface area contributed by atoms with Gasteiger partial charge in [0.2, 0.25) is 0 Å². The Morgan fingerprint density at radius 1 is 1.00 bits per heavy atom. The first kappa shape index (κ1) is 30.9. The molecule has 194 valence electrons. The van der Waals surface area contributed by atoms with Crippen LogP contribution < -0.4 is 4.84 Å². The summed E-state index contributed by atoms with van der Waals surface area (Å²) in [4.78, 5) is 11.5. The van der Waals surface area contributed by atoms with Crippen molar-refractivity contribution in [2.24, 2.45) is 0 Å². The van der Waals surface area contributed by atoms with E-state index in [0.29, 0.717) is 18.1 Å². The van der Waals surface area contributed by atoms with E-state index in [1.54, 1.807) is 0 Å². The first-order valence-corrected chi connectivity index (χ1v) is 12.2. The van der Waals surface area contributed by atoms with Gasteiger partial charge in [-0.05, 0) is 51.6 Å². The molecular formula is C19H35F6N6OP. The molecule has 33 heavy (non-hydrogen) atoms. The molecule has 0 radical (unpaired) electrons. The van der Waals surface area contributed by atoms with Crippen LogP contribution in [0.25, 0.3) is 11.0 Å². The second-order valence-corrected chi connectivity index (χ2v) is 10.0. The van der Waals surface area contributed by atoms with Crippen molar-refractivity contribution in [3.05, 3.63) is 24.3 Å². The maximum absolute atomic E-state index is 10.7. The van der Waals surface area contributed by atoms with Gasteiger partial charge in [0, 0.05) is 12.1 Å². The molecule has 1 heterocycles. The molecule has 0 atom stereocenters. The van der Waals surface area contributed by atoms with Crippen LogP contribution in [0.2, 0.25) is 0 Å². The van der Waals surface area contributed by atoms with E-state index >= 15 is 0 Å². The number of hydrogen-bond donors (Lipinski definition) is 0. The molecule has 0 aliphatic rings. The van der Waals surface area contributed by atoms with Gasteiger partial charge in [0.1, 0.15) is 11.0 Å². The Morgan fingerprint density at radius 2 is 1.45 bits per heavy atom. The average molecular weight is 508 g/mol. The standard InChI is InChI=1S/C11H16N5O.C8H19N.F6P/c1-14(2)11(15(3)4)17-16-10-8-6-5-7-9(10)12-13-16;1-6-9(7(2)3)8(4)5;1-7(2,3,4,5)6/h5-8H,1-4H3;7-8H,6H2,1-5H3;/q+1;;-1. The molecule has 7 nitrogen and oxygen atoms in total. The van der Waals surface area contributed by atoms with Gasteiger partial charge in [0.05, 0.1) is 28.2 Å². The summed E-state index contributed by atoms with van der Waals surface area (Å²) in [5.74, 6) is 0. The molecule has 0 fully saturated rings. The van der Waals surface area contributed by atoms with Crippen LogP contribution in [0.5, 0.6) is 0 Å². The monoisotopic (exact) mass is 508 g/mol. The van der Waals surface area contributed by atoms with Gasteiger partial charge in [-0.15, -0.1) is 5.10 Å². The predicted molar refractivity (Wildman–Crippen MR) is 121 cm³/mol. The maximum atomic E-state index is 9.87. The molecular weight excluding hydrogens is 473 g/mol. The Kier molecular flexibility index (Phi) is 10.2. The summed E-state index contributed by atoms with van der Waals surface area (Å²) >= 11 is 0. The van der Waals surface area contributed by atoms with E-state index in [4.69, 9.17) is 4.84 Å². The second-order valence-electron chi connectivity index (χ2n) is 8.09. The van der Waals surface area contributed by atoms with Crippen LogP contribution in [0.1, 0.15) is 34.6 Å². The number of aromatic nitrogens is 3. The predicted octanol–water partition coefficient (Wildman–Crippen LogP) is 5.56. The number of rotatable bonds is 4. The molecule has 0 saturated carbocycles. The molecule has 0 amide bonds. The number of benzene rings is 1. The van der Waals surface area contributed by atoms with E-state index in [2.05, 4.69) is 49.8 Å². The molecule has 2 rings (SSSR count). The van der Waals surface area contributed by atoms with E-state index in [9.17, 15) is 25.2 Å². The molecule has 0 aliphatic heterocycles. The van der Waals surface area contributed by atoms with Crippen LogP contribution in [0.15, 0.2) is 24.3 Å². The SMILES string of the molecule is CCN(C(C)C)C(C)C.CN(C)C(On1nnc2ccccc21)=[N+](C)C.F[P-](F)(F)(F)(F)F. The molecule has 0 aliphatic carbocycles. The van der Waals surface area contributed by atoms with Crippen molar-refractivity contribution < 1.29 is 34.6 Å². The van der Waals surface area contributed by atoms with Crippen LogP contribution in [0.3, 0.4) is 0 Å². The molecule has 14 heteroatoms. The Hall–Kier alpha value is -2.14. The Labute approximate surface area is 190 Å². The van der Waals surface area contributed by atoms with Crippen LogP contribution in [-0.4, -0.2) is 82.4 Å². The summed E-state index contributed by atoms with van der Waals surface area (Å²) < 4.78 is 61.1. The van der Waals surface area contributed by atoms with Crippen molar-refractivity contribution in [2.75, 3.05) is 34.7 Å². The third-order valence-electron chi connectivity index (χ3n) is 3.95. The van der Waals surface area contributed by atoms with Gasteiger partial charge in [-0.25, -0.2) is 9.48 Å². The molecule has 0 N–H and O–H groups in total. The number of para-hydroxylation sites is 1. The van der Waals surface area contributed by atoms with Crippen molar-refractivity contribution >= 4 is 24.9 Å². The fraction of sp³-hybridized carbons (Fsp3) is 0.632. The first-order valence-electron chi connectivity index (χ1n) is 10.2. The molecule has 1 aromatic carbocycles. The van der Waals surface area contributed by atoms with Gasteiger partial charge in [0.15, 0.2) is 0 Å². The quantitative estimate of drug-likeness (QED) is 0.178. The molecule has 1 aromatic heterocycles. The third kappa shape index (κ3) is 14.6. The van der Waals surface area contributed by atoms with Gasteiger partial charge in [-0.3, -0.25) is 9.74 Å². The summed E-state index contributed by atoms with van der Waals surface area (Å²) in [5.41, 5.74) is 1.65. The van der Waals surface area contributed by atoms with Gasteiger partial charge in [-0.2, -0.15) is 0 Å². The van der Waals surface area contributed by atoms with Crippen molar-refractivity contribution in [3.63, 3.8) is 0 Å². The summed E-state index contributed by atoms with van der Waals surface area (Å²) in [6, 6.07) is 9.72. The summed E-state index contributed by atoms with van der Waals surface area (Å²) in [6.07, 6.45) is 0. The second kappa shape index (κ2) is 10.9. The molecule has 0 bridgehead atoms. The normalized spacial score (nSPS) is 13.5. The minimum absolute atomic E-state index is 0.681. The number of halogens is 6. The van der Waals surface area contributed by atoms with Crippen LogP contribution >= 0.6 is 7.81 Å². The zero-order valence-corrected chi connectivity index (χ0v) is 21.4. The van der Waals surface area contributed by atoms with E-state index < -0.39 is 7.81 Å². The van der Waals surface area contributed by atoms with Crippen molar-refractivity contribution in [3.8, 4) is 0 Å². The van der Waals surface area contributed by atoms with Gasteiger partial charge >= 0.3 is 39.0 Å². The molecule has 0 unspecified atom stereocenters. The average Bonchev–Trinajstić information content (AvgIpc) is 3.00. The van der Waals surface area contributed by atoms with Gasteiger partial charge in [0.25, 0.3) is 0 Å². The van der Waals surface area contributed by atoms with Crippen LogP contribution in [0.4, 0.5) is 25.2 Å². The molecule has 2 aromatic rings.